The summed E-state index contributed by atoms with van der Waals surface area (Å²) in [6.45, 7) is 8.34. The highest BCUT2D eigenvalue weighted by Crippen LogP contribution is 2.85. The number of nitrogens with zero attached hydrogens (tertiary/aromatic N) is 2. The van der Waals surface area contributed by atoms with Gasteiger partial charge in [-0.3, -0.25) is 4.90 Å². The number of ether oxygens (including phenoxy) is 3. The topological polar surface area (TPSA) is 74.7 Å². The highest BCUT2D eigenvalue weighted by molar-refractivity contribution is 5.68. The predicted molar refractivity (Wildman–Crippen MR) is 121 cm³/mol. The molecule has 1 aromatic rings. The van der Waals surface area contributed by atoms with E-state index >= 15 is 0 Å². The van der Waals surface area contributed by atoms with Gasteiger partial charge in [-0.2, -0.15) is 5.26 Å². The molecular formula is C27H34N2O4. The van der Waals surface area contributed by atoms with Crippen molar-refractivity contribution in [2.75, 3.05) is 14.2 Å². The largest absolute Gasteiger partial charge is 0.493 e. The van der Waals surface area contributed by atoms with Crippen molar-refractivity contribution in [3.63, 3.8) is 0 Å². The second kappa shape index (κ2) is 5.31. The second-order valence-electron chi connectivity index (χ2n) is 12.9. The summed E-state index contributed by atoms with van der Waals surface area (Å²) in [5, 5.41) is 22.2. The third-order valence-corrected chi connectivity index (χ3v) is 11.5. The molecule has 8 rings (SSSR count). The van der Waals surface area contributed by atoms with Crippen molar-refractivity contribution in [1.29, 1.82) is 5.26 Å². The molecule has 5 fully saturated rings. The molecule has 2 heterocycles. The Balaban J connectivity index is 1.53. The fraction of sp³-hybridized carbons (Fsp3) is 0.741. The normalized spacial score (nSPS) is 46.7. The molecular weight excluding hydrogens is 416 g/mol. The molecule has 1 aromatic carbocycles. The van der Waals surface area contributed by atoms with Crippen LogP contribution in [0.25, 0.3) is 0 Å². The Morgan fingerprint density at radius 1 is 1.21 bits per heavy atom. The molecule has 8 unspecified atom stereocenters. The summed E-state index contributed by atoms with van der Waals surface area (Å²) in [6.07, 6.45) is 6.88. The van der Waals surface area contributed by atoms with Gasteiger partial charge >= 0.3 is 0 Å². The van der Waals surface area contributed by atoms with Crippen molar-refractivity contribution < 1.29 is 19.3 Å². The number of methoxy groups -OCH3 is 2. The summed E-state index contributed by atoms with van der Waals surface area (Å²) in [5.74, 6) is 1.57. The van der Waals surface area contributed by atoms with Crippen molar-refractivity contribution >= 4 is 0 Å². The van der Waals surface area contributed by atoms with Crippen LogP contribution in [-0.2, 0) is 16.6 Å². The summed E-state index contributed by atoms with van der Waals surface area (Å²) in [6, 6.07) is 4.42. The number of hydrogen-bond donors (Lipinski definition) is 1. The standard InChI is InChI=1S/C27H34N2O4/c1-22(2,3)23(4,30)17-12-24-9-10-27(17,32-6)21-26(24)13-25(20(24)29(25)14-28)11-15-7-8-16(31-5)19(33-21)18(15)26/h7-8,17,20-21,30H,9-13H2,1-6H3. The van der Waals surface area contributed by atoms with Crippen LogP contribution in [0.4, 0.5) is 0 Å². The van der Waals surface area contributed by atoms with Gasteiger partial charge in [0.05, 0.1) is 24.3 Å². The molecule has 5 aliphatic carbocycles. The molecule has 4 bridgehead atoms. The Labute approximate surface area is 195 Å². The zero-order valence-electron chi connectivity index (χ0n) is 20.5. The van der Waals surface area contributed by atoms with Gasteiger partial charge in [-0.15, -0.1) is 0 Å². The van der Waals surface area contributed by atoms with Gasteiger partial charge in [-0.1, -0.05) is 26.8 Å². The van der Waals surface area contributed by atoms with Crippen LogP contribution in [0.1, 0.15) is 64.5 Å². The highest BCUT2D eigenvalue weighted by atomic mass is 16.6. The number of benzene rings is 1. The zero-order valence-corrected chi connectivity index (χ0v) is 20.5. The van der Waals surface area contributed by atoms with Crippen LogP contribution < -0.4 is 9.47 Å². The van der Waals surface area contributed by atoms with E-state index in [2.05, 4.69) is 37.9 Å². The average Bonchev–Trinajstić information content (AvgIpc) is 3.12. The maximum atomic E-state index is 12.1. The van der Waals surface area contributed by atoms with Crippen molar-refractivity contribution in [3.05, 3.63) is 23.3 Å². The van der Waals surface area contributed by atoms with Crippen LogP contribution in [0.3, 0.4) is 0 Å². The fourth-order valence-corrected chi connectivity index (χ4v) is 9.77. The lowest BCUT2D eigenvalue weighted by molar-refractivity contribution is -0.290. The van der Waals surface area contributed by atoms with Crippen molar-refractivity contribution in [1.82, 2.24) is 4.90 Å². The van der Waals surface area contributed by atoms with Crippen LogP contribution in [0, 0.1) is 28.2 Å². The number of rotatable bonds is 3. The lowest BCUT2D eigenvalue weighted by atomic mass is 9.38. The summed E-state index contributed by atoms with van der Waals surface area (Å²) in [7, 11) is 3.51. The fourth-order valence-electron chi connectivity index (χ4n) is 9.77. The van der Waals surface area contributed by atoms with E-state index in [1.165, 1.54) is 11.1 Å². The monoisotopic (exact) mass is 450 g/mol. The van der Waals surface area contributed by atoms with Gasteiger partial charge in [-0.25, -0.2) is 0 Å². The molecule has 33 heavy (non-hydrogen) atoms. The maximum absolute atomic E-state index is 12.1. The SMILES string of the molecule is COc1ccc2c3c1OC1C4(OC)CCC5(CC4C(C)(O)C(C)(C)C)C4N(C#N)C4(C2)CC315. The molecule has 0 radical (unpaired) electrons. The molecule has 6 nitrogen and oxygen atoms in total. The van der Waals surface area contributed by atoms with Crippen LogP contribution in [0.5, 0.6) is 11.5 Å². The molecule has 4 saturated carbocycles. The smallest absolute Gasteiger partial charge is 0.180 e. The third-order valence-electron chi connectivity index (χ3n) is 11.5. The first-order chi connectivity index (χ1) is 15.5. The van der Waals surface area contributed by atoms with E-state index in [0.717, 1.165) is 43.6 Å². The van der Waals surface area contributed by atoms with E-state index in [1.54, 1.807) is 14.2 Å². The van der Waals surface area contributed by atoms with Crippen LogP contribution >= 0.6 is 0 Å². The molecule has 0 aromatic heterocycles. The van der Waals surface area contributed by atoms with E-state index in [4.69, 9.17) is 14.2 Å². The Morgan fingerprint density at radius 2 is 1.97 bits per heavy atom. The van der Waals surface area contributed by atoms with Crippen molar-refractivity contribution in [2.24, 2.45) is 16.7 Å². The molecule has 1 N–H and O–H groups in total. The number of likely N-dealkylation sites (tertiary alicyclic amines) is 1. The van der Waals surface area contributed by atoms with Crippen LogP contribution in [0.15, 0.2) is 12.1 Å². The quantitative estimate of drug-likeness (QED) is 0.561. The number of piperidine rings is 1. The highest BCUT2D eigenvalue weighted by Gasteiger charge is 2.93. The van der Waals surface area contributed by atoms with E-state index in [1.807, 2.05) is 13.0 Å². The lowest BCUT2D eigenvalue weighted by Gasteiger charge is -2.69. The Morgan fingerprint density at radius 3 is 2.61 bits per heavy atom. The molecule has 3 spiro atoms. The van der Waals surface area contributed by atoms with Gasteiger partial charge in [0.25, 0.3) is 0 Å². The second-order valence-corrected chi connectivity index (χ2v) is 12.9. The van der Waals surface area contributed by atoms with Gasteiger partial charge in [0.2, 0.25) is 0 Å². The van der Waals surface area contributed by atoms with Crippen LogP contribution in [-0.4, -0.2) is 53.1 Å². The molecule has 2 aliphatic heterocycles. The first-order valence-corrected chi connectivity index (χ1v) is 12.3. The summed E-state index contributed by atoms with van der Waals surface area (Å²) >= 11 is 0. The first-order valence-electron chi connectivity index (χ1n) is 12.3. The molecule has 176 valence electrons. The number of aliphatic hydroxyl groups is 1. The Hall–Kier alpha value is -1.97. The van der Waals surface area contributed by atoms with Crippen molar-refractivity contribution in [3.8, 4) is 17.7 Å². The van der Waals surface area contributed by atoms with Gasteiger partial charge in [0.1, 0.15) is 11.7 Å². The van der Waals surface area contributed by atoms with Gasteiger partial charge in [-0.05, 0) is 56.1 Å². The molecule has 6 heteroatoms. The van der Waals surface area contributed by atoms with Gasteiger partial charge in [0.15, 0.2) is 17.7 Å². The molecule has 1 saturated heterocycles. The van der Waals surface area contributed by atoms with E-state index in [9.17, 15) is 10.4 Å². The summed E-state index contributed by atoms with van der Waals surface area (Å²) in [4.78, 5) is 2.09. The van der Waals surface area contributed by atoms with Gasteiger partial charge < -0.3 is 19.3 Å². The summed E-state index contributed by atoms with van der Waals surface area (Å²) in [5.41, 5.74) is 0.313. The summed E-state index contributed by atoms with van der Waals surface area (Å²) < 4.78 is 19.3. The number of fused-ring (bicyclic) bond motifs is 2. The first kappa shape index (κ1) is 20.4. The van der Waals surface area contributed by atoms with Crippen molar-refractivity contribution in [2.45, 2.75) is 94.1 Å². The maximum Gasteiger partial charge on any atom is 0.180 e. The average molecular weight is 451 g/mol. The predicted octanol–water partition coefficient (Wildman–Crippen LogP) is 3.54. The van der Waals surface area contributed by atoms with E-state index < -0.39 is 11.2 Å². The molecule has 0 amide bonds. The van der Waals surface area contributed by atoms with E-state index in [0.29, 0.717) is 0 Å². The molecule has 7 aliphatic rings. The minimum atomic E-state index is -0.959. The van der Waals surface area contributed by atoms with E-state index in [-0.39, 0.29) is 39.8 Å². The Bertz CT molecular complexity index is 1150. The lowest BCUT2D eigenvalue weighted by Crippen LogP contribution is -2.78. The number of hydrogen-bond acceptors (Lipinski definition) is 6. The minimum absolute atomic E-state index is 0.0966. The van der Waals surface area contributed by atoms with Gasteiger partial charge in [0, 0.05) is 29.4 Å². The van der Waals surface area contributed by atoms with Crippen LogP contribution in [0.2, 0.25) is 0 Å². The zero-order chi connectivity index (χ0) is 23.4. The Kier molecular flexibility index (Phi) is 3.28. The minimum Gasteiger partial charge on any atom is -0.493 e. The molecule has 8 atom stereocenters. The third kappa shape index (κ3) is 1.72. The number of nitriles is 1.